The van der Waals surface area contributed by atoms with Gasteiger partial charge in [0.15, 0.2) is 11.6 Å². The molecule has 11 rings (SSSR count). The van der Waals surface area contributed by atoms with E-state index in [4.69, 9.17) is 19.4 Å². The van der Waals surface area contributed by atoms with Crippen LogP contribution in [0.2, 0.25) is 0 Å². The molecule has 3 aromatic heterocycles. The molecule has 0 radical (unpaired) electrons. The lowest BCUT2D eigenvalue weighted by atomic mass is 9.96. The maximum absolute atomic E-state index is 6.44. The van der Waals surface area contributed by atoms with Crippen LogP contribution in [-0.4, -0.2) is 19.5 Å². The van der Waals surface area contributed by atoms with Crippen molar-refractivity contribution in [3.8, 4) is 62.1 Å². The van der Waals surface area contributed by atoms with E-state index in [9.17, 15) is 0 Å². The third-order valence-electron chi connectivity index (χ3n) is 10.7. The summed E-state index contributed by atoms with van der Waals surface area (Å²) in [6.07, 6.45) is 0. The van der Waals surface area contributed by atoms with Gasteiger partial charge in [0.25, 0.3) is 0 Å². The standard InChI is InChI=1S/C51H32N4O/c1-4-13-33(14-5-1)35-23-25-37(26-24-35)50-52-49(36-17-8-3-9-18-36)53-51(54-50)55-44-21-11-10-19-41(44)42-29-27-39(32-45(42)55)40-20-12-22-47-48(40)43-31-38(28-30-46(43)56-47)34-15-6-2-7-16-34/h1-32H. The second kappa shape index (κ2) is 13.0. The monoisotopic (exact) mass is 716 g/mol. The minimum Gasteiger partial charge on any atom is -0.456 e. The Morgan fingerprint density at radius 2 is 0.893 bits per heavy atom. The molecule has 11 aromatic rings. The fourth-order valence-corrected chi connectivity index (χ4v) is 7.98. The van der Waals surface area contributed by atoms with Crippen LogP contribution in [0.25, 0.3) is 106 Å². The highest BCUT2D eigenvalue weighted by molar-refractivity contribution is 6.15. The number of fused-ring (bicyclic) bond motifs is 6. The van der Waals surface area contributed by atoms with E-state index in [1.807, 2.05) is 42.5 Å². The Balaban J connectivity index is 1.12. The first-order chi connectivity index (χ1) is 27.7. The lowest BCUT2D eigenvalue weighted by Gasteiger charge is -2.12. The van der Waals surface area contributed by atoms with Gasteiger partial charge in [-0.15, -0.1) is 0 Å². The Morgan fingerprint density at radius 3 is 1.62 bits per heavy atom. The summed E-state index contributed by atoms with van der Waals surface area (Å²) in [6.45, 7) is 0. The van der Waals surface area contributed by atoms with Crippen LogP contribution in [0.5, 0.6) is 0 Å². The van der Waals surface area contributed by atoms with Crippen molar-refractivity contribution >= 4 is 43.7 Å². The summed E-state index contributed by atoms with van der Waals surface area (Å²) in [5.41, 5.74) is 12.4. The van der Waals surface area contributed by atoms with E-state index in [0.29, 0.717) is 17.6 Å². The van der Waals surface area contributed by atoms with E-state index in [2.05, 4.69) is 156 Å². The molecule has 0 spiro atoms. The zero-order valence-electron chi connectivity index (χ0n) is 30.2. The largest absolute Gasteiger partial charge is 0.456 e. The Hall–Kier alpha value is -7.63. The van der Waals surface area contributed by atoms with Crippen LogP contribution in [0.4, 0.5) is 0 Å². The third-order valence-corrected chi connectivity index (χ3v) is 10.7. The number of benzene rings is 8. The van der Waals surface area contributed by atoms with Crippen LogP contribution in [0.3, 0.4) is 0 Å². The molecular weight excluding hydrogens is 685 g/mol. The summed E-state index contributed by atoms with van der Waals surface area (Å²) in [5, 5.41) is 4.43. The SMILES string of the molecule is c1ccc(-c2ccc(-c3nc(-c4ccccc4)nc(-n4c5ccccc5c5ccc(-c6cccc7oc8ccc(-c9ccccc9)cc8c67)cc54)n3)cc2)cc1. The van der Waals surface area contributed by atoms with Gasteiger partial charge in [-0.2, -0.15) is 9.97 Å². The number of nitrogens with zero attached hydrogens (tertiary/aromatic N) is 4. The van der Waals surface area contributed by atoms with Crippen LogP contribution >= 0.6 is 0 Å². The van der Waals surface area contributed by atoms with Gasteiger partial charge in [-0.05, 0) is 63.7 Å². The fourth-order valence-electron chi connectivity index (χ4n) is 7.98. The summed E-state index contributed by atoms with van der Waals surface area (Å²) >= 11 is 0. The van der Waals surface area contributed by atoms with Crippen LogP contribution in [-0.2, 0) is 0 Å². The Bertz CT molecular complexity index is 3220. The second-order valence-electron chi connectivity index (χ2n) is 14.0. The van der Waals surface area contributed by atoms with Gasteiger partial charge in [0.2, 0.25) is 5.95 Å². The third kappa shape index (κ3) is 5.37. The Kier molecular flexibility index (Phi) is 7.42. The fraction of sp³-hybridized carbons (Fsp3) is 0. The number of para-hydroxylation sites is 1. The van der Waals surface area contributed by atoms with Crippen molar-refractivity contribution in [3.05, 3.63) is 194 Å². The Labute approximate surface area is 322 Å². The van der Waals surface area contributed by atoms with E-state index < -0.39 is 0 Å². The van der Waals surface area contributed by atoms with Crippen molar-refractivity contribution in [2.75, 3.05) is 0 Å². The van der Waals surface area contributed by atoms with Gasteiger partial charge in [-0.1, -0.05) is 164 Å². The van der Waals surface area contributed by atoms with Gasteiger partial charge >= 0.3 is 0 Å². The lowest BCUT2D eigenvalue weighted by Crippen LogP contribution is -2.06. The number of rotatable bonds is 6. The molecule has 262 valence electrons. The summed E-state index contributed by atoms with van der Waals surface area (Å²) in [6, 6.07) is 67.5. The second-order valence-corrected chi connectivity index (χ2v) is 14.0. The van der Waals surface area contributed by atoms with Crippen molar-refractivity contribution in [2.24, 2.45) is 0 Å². The zero-order valence-corrected chi connectivity index (χ0v) is 30.2. The molecule has 3 heterocycles. The molecular formula is C51H32N4O. The summed E-state index contributed by atoms with van der Waals surface area (Å²) in [5.74, 6) is 1.78. The van der Waals surface area contributed by atoms with Crippen molar-refractivity contribution < 1.29 is 4.42 Å². The van der Waals surface area contributed by atoms with E-state index in [-0.39, 0.29) is 0 Å². The maximum atomic E-state index is 6.44. The normalized spacial score (nSPS) is 11.6. The first-order valence-electron chi connectivity index (χ1n) is 18.8. The molecule has 0 N–H and O–H groups in total. The molecule has 8 aromatic carbocycles. The van der Waals surface area contributed by atoms with Crippen LogP contribution < -0.4 is 0 Å². The maximum Gasteiger partial charge on any atom is 0.238 e. The van der Waals surface area contributed by atoms with Crippen LogP contribution in [0.1, 0.15) is 0 Å². The van der Waals surface area contributed by atoms with E-state index >= 15 is 0 Å². The first-order valence-corrected chi connectivity index (χ1v) is 18.8. The molecule has 0 aliphatic carbocycles. The molecule has 0 atom stereocenters. The number of aromatic nitrogens is 4. The summed E-state index contributed by atoms with van der Waals surface area (Å²) < 4.78 is 8.63. The van der Waals surface area contributed by atoms with Gasteiger partial charge in [-0.3, -0.25) is 4.57 Å². The van der Waals surface area contributed by atoms with Gasteiger partial charge < -0.3 is 4.42 Å². The summed E-state index contributed by atoms with van der Waals surface area (Å²) in [7, 11) is 0. The van der Waals surface area contributed by atoms with Gasteiger partial charge in [0.05, 0.1) is 11.0 Å². The zero-order chi connectivity index (χ0) is 37.0. The molecule has 0 unspecified atom stereocenters. The molecule has 0 aliphatic heterocycles. The highest BCUT2D eigenvalue weighted by atomic mass is 16.3. The molecule has 0 amide bonds. The van der Waals surface area contributed by atoms with Gasteiger partial charge in [0.1, 0.15) is 11.2 Å². The van der Waals surface area contributed by atoms with Crippen molar-refractivity contribution in [1.29, 1.82) is 0 Å². The van der Waals surface area contributed by atoms with Crippen molar-refractivity contribution in [2.45, 2.75) is 0 Å². The average molecular weight is 717 g/mol. The lowest BCUT2D eigenvalue weighted by molar-refractivity contribution is 0.669. The molecule has 0 aliphatic rings. The minimum atomic E-state index is 0.559. The number of hydrogen-bond donors (Lipinski definition) is 0. The van der Waals surface area contributed by atoms with Crippen LogP contribution in [0, 0.1) is 0 Å². The predicted molar refractivity (Wildman–Crippen MR) is 229 cm³/mol. The molecule has 5 heteroatoms. The van der Waals surface area contributed by atoms with Crippen molar-refractivity contribution in [1.82, 2.24) is 19.5 Å². The average Bonchev–Trinajstić information content (AvgIpc) is 3.82. The molecule has 0 saturated carbocycles. The highest BCUT2D eigenvalue weighted by Gasteiger charge is 2.20. The Morgan fingerprint density at radius 1 is 0.339 bits per heavy atom. The predicted octanol–water partition coefficient (Wildman–Crippen LogP) is 13.2. The quantitative estimate of drug-likeness (QED) is 0.172. The molecule has 0 fully saturated rings. The molecule has 56 heavy (non-hydrogen) atoms. The van der Waals surface area contributed by atoms with Crippen molar-refractivity contribution in [3.63, 3.8) is 0 Å². The van der Waals surface area contributed by atoms with E-state index in [0.717, 1.165) is 82.7 Å². The van der Waals surface area contributed by atoms with Gasteiger partial charge in [0, 0.05) is 32.7 Å². The number of hydrogen-bond acceptors (Lipinski definition) is 4. The molecule has 0 bridgehead atoms. The first kappa shape index (κ1) is 31.9. The topological polar surface area (TPSA) is 56.7 Å². The van der Waals surface area contributed by atoms with E-state index in [1.54, 1.807) is 0 Å². The minimum absolute atomic E-state index is 0.559. The van der Waals surface area contributed by atoms with Crippen LogP contribution in [0.15, 0.2) is 199 Å². The summed E-state index contributed by atoms with van der Waals surface area (Å²) in [4.78, 5) is 15.5. The molecule has 0 saturated heterocycles. The number of furan rings is 1. The highest BCUT2D eigenvalue weighted by Crippen LogP contribution is 2.41. The smallest absolute Gasteiger partial charge is 0.238 e. The van der Waals surface area contributed by atoms with Gasteiger partial charge in [-0.25, -0.2) is 4.98 Å². The molecule has 5 nitrogen and oxygen atoms in total. The van der Waals surface area contributed by atoms with E-state index in [1.165, 1.54) is 5.56 Å².